The molecule has 0 unspecified atom stereocenters. The van der Waals surface area contributed by atoms with E-state index in [0.29, 0.717) is 0 Å². The van der Waals surface area contributed by atoms with Crippen molar-refractivity contribution in [1.82, 2.24) is 0 Å². The quantitative estimate of drug-likeness (QED) is 0.728. The van der Waals surface area contributed by atoms with Crippen molar-refractivity contribution in [3.05, 3.63) is 42.5 Å². The maximum absolute atomic E-state index is 2.48. The Balaban J connectivity index is 2.32. The normalized spacial score (nSPS) is 10.7. The van der Waals surface area contributed by atoms with Gasteiger partial charge in [-0.3, -0.25) is 0 Å². The molecule has 0 spiro atoms. The molecule has 0 aliphatic heterocycles. The fraction of sp³-hybridized carbons (Fsp3) is 0.375. The summed E-state index contributed by atoms with van der Waals surface area (Å²) in [6.07, 6.45) is 2.40. The van der Waals surface area contributed by atoms with Crippen molar-refractivity contribution in [3.63, 3.8) is 0 Å². The zero-order valence-corrected chi connectivity index (χ0v) is 10.8. The average Bonchev–Trinajstić information content (AvgIpc) is 2.38. The van der Waals surface area contributed by atoms with Crippen LogP contribution in [0, 0.1) is 0 Å². The van der Waals surface area contributed by atoms with E-state index in [1.54, 1.807) is 0 Å². The van der Waals surface area contributed by atoms with E-state index in [4.69, 9.17) is 0 Å². The highest BCUT2D eigenvalue weighted by atomic mass is 15.1. The zero-order valence-electron chi connectivity index (χ0n) is 10.8. The highest BCUT2D eigenvalue weighted by molar-refractivity contribution is 5.85. The Bertz CT molecular complexity index is 470. The number of nitrogens with zero attached hydrogens (tertiary/aromatic N) is 1. The largest absolute Gasteiger partial charge is 0.372 e. The monoisotopic (exact) mass is 227 g/mol. The molecular weight excluding hydrogens is 206 g/mol. The number of anilines is 1. The third kappa shape index (κ3) is 2.79. The number of hydrogen-bond donors (Lipinski definition) is 0. The second-order valence-corrected chi connectivity index (χ2v) is 4.52. The average molecular weight is 227 g/mol. The summed E-state index contributed by atoms with van der Waals surface area (Å²) in [6.45, 7) is 6.77. The lowest BCUT2D eigenvalue weighted by atomic mass is 10.1. The van der Waals surface area contributed by atoms with Crippen molar-refractivity contribution in [3.8, 4) is 0 Å². The van der Waals surface area contributed by atoms with E-state index in [1.807, 2.05) is 0 Å². The molecule has 2 aromatic rings. The van der Waals surface area contributed by atoms with Crippen molar-refractivity contribution in [2.24, 2.45) is 0 Å². The van der Waals surface area contributed by atoms with Crippen molar-refractivity contribution in [1.29, 1.82) is 0 Å². The Morgan fingerprint density at radius 1 is 0.824 bits per heavy atom. The van der Waals surface area contributed by atoms with Crippen LogP contribution < -0.4 is 4.90 Å². The standard InChI is InChI=1S/C16H21N/c1-3-11-17(12-4-2)16-10-9-14-7-5-6-8-15(14)13-16/h5-10,13H,3-4,11-12H2,1-2H3. The van der Waals surface area contributed by atoms with Gasteiger partial charge < -0.3 is 4.90 Å². The predicted octanol–water partition coefficient (Wildman–Crippen LogP) is 4.47. The summed E-state index contributed by atoms with van der Waals surface area (Å²) in [7, 11) is 0. The lowest BCUT2D eigenvalue weighted by Crippen LogP contribution is -2.24. The molecule has 0 N–H and O–H groups in total. The second-order valence-electron chi connectivity index (χ2n) is 4.52. The Morgan fingerprint density at radius 3 is 2.12 bits per heavy atom. The highest BCUT2D eigenvalue weighted by Gasteiger charge is 2.04. The molecule has 90 valence electrons. The number of benzene rings is 2. The predicted molar refractivity (Wildman–Crippen MR) is 76.7 cm³/mol. The molecule has 1 heteroatoms. The minimum atomic E-state index is 1.15. The molecule has 1 nitrogen and oxygen atoms in total. The summed E-state index contributed by atoms with van der Waals surface area (Å²) in [4.78, 5) is 2.48. The molecule has 0 heterocycles. The van der Waals surface area contributed by atoms with Gasteiger partial charge in [-0.1, -0.05) is 44.2 Å². The van der Waals surface area contributed by atoms with Gasteiger partial charge in [0.2, 0.25) is 0 Å². The highest BCUT2D eigenvalue weighted by Crippen LogP contribution is 2.22. The van der Waals surface area contributed by atoms with E-state index in [-0.39, 0.29) is 0 Å². The Kier molecular flexibility index (Phi) is 4.03. The molecule has 0 atom stereocenters. The molecule has 0 saturated carbocycles. The topological polar surface area (TPSA) is 3.24 Å². The van der Waals surface area contributed by atoms with Gasteiger partial charge in [-0.25, -0.2) is 0 Å². The van der Waals surface area contributed by atoms with E-state index < -0.39 is 0 Å². The lowest BCUT2D eigenvalue weighted by molar-refractivity contribution is 0.745. The van der Waals surface area contributed by atoms with Gasteiger partial charge in [-0.2, -0.15) is 0 Å². The lowest BCUT2D eigenvalue weighted by Gasteiger charge is -2.24. The third-order valence-electron chi connectivity index (χ3n) is 3.09. The molecule has 17 heavy (non-hydrogen) atoms. The molecule has 0 aliphatic rings. The van der Waals surface area contributed by atoms with Crippen LogP contribution in [-0.4, -0.2) is 13.1 Å². The molecule has 0 aromatic heterocycles. The molecule has 0 aliphatic carbocycles. The van der Waals surface area contributed by atoms with E-state index in [9.17, 15) is 0 Å². The van der Waals surface area contributed by atoms with E-state index in [0.717, 1.165) is 13.1 Å². The first-order valence-electron chi connectivity index (χ1n) is 6.59. The van der Waals surface area contributed by atoms with Crippen molar-refractivity contribution >= 4 is 16.5 Å². The Morgan fingerprint density at radius 2 is 1.47 bits per heavy atom. The molecule has 0 saturated heterocycles. The maximum atomic E-state index is 2.48. The van der Waals surface area contributed by atoms with Crippen LogP contribution >= 0.6 is 0 Å². The first-order chi connectivity index (χ1) is 8.35. The fourth-order valence-corrected chi connectivity index (χ4v) is 2.28. The van der Waals surface area contributed by atoms with E-state index >= 15 is 0 Å². The van der Waals surface area contributed by atoms with Crippen LogP contribution in [0.5, 0.6) is 0 Å². The number of rotatable bonds is 5. The first kappa shape index (κ1) is 12.0. The molecule has 0 amide bonds. The van der Waals surface area contributed by atoms with Gasteiger partial charge in [-0.15, -0.1) is 0 Å². The van der Waals surface area contributed by atoms with E-state index in [2.05, 4.69) is 61.2 Å². The van der Waals surface area contributed by atoms with Crippen LogP contribution in [0.2, 0.25) is 0 Å². The van der Waals surface area contributed by atoms with Crippen molar-refractivity contribution in [2.45, 2.75) is 26.7 Å². The van der Waals surface area contributed by atoms with Crippen molar-refractivity contribution in [2.75, 3.05) is 18.0 Å². The van der Waals surface area contributed by atoms with E-state index in [1.165, 1.54) is 29.3 Å². The fourth-order valence-electron chi connectivity index (χ4n) is 2.28. The minimum absolute atomic E-state index is 1.15. The SMILES string of the molecule is CCCN(CCC)c1ccc2ccccc2c1. The zero-order chi connectivity index (χ0) is 12.1. The van der Waals surface area contributed by atoms with Gasteiger partial charge in [-0.05, 0) is 35.7 Å². The van der Waals surface area contributed by atoms with Crippen LogP contribution in [0.15, 0.2) is 42.5 Å². The summed E-state index contributed by atoms with van der Waals surface area (Å²) in [5.74, 6) is 0. The summed E-state index contributed by atoms with van der Waals surface area (Å²) < 4.78 is 0. The summed E-state index contributed by atoms with van der Waals surface area (Å²) in [5.41, 5.74) is 1.35. The number of fused-ring (bicyclic) bond motifs is 1. The van der Waals surface area contributed by atoms with Gasteiger partial charge in [0.1, 0.15) is 0 Å². The van der Waals surface area contributed by atoms with Crippen LogP contribution in [-0.2, 0) is 0 Å². The molecule has 2 rings (SSSR count). The van der Waals surface area contributed by atoms with Crippen molar-refractivity contribution < 1.29 is 0 Å². The van der Waals surface area contributed by atoms with Crippen LogP contribution in [0.3, 0.4) is 0 Å². The molecule has 0 fully saturated rings. The second kappa shape index (κ2) is 5.72. The maximum Gasteiger partial charge on any atom is 0.0372 e. The van der Waals surface area contributed by atoms with Gasteiger partial charge in [0, 0.05) is 18.8 Å². The molecule has 0 radical (unpaired) electrons. The van der Waals surface area contributed by atoms with Crippen LogP contribution in [0.4, 0.5) is 5.69 Å². The first-order valence-corrected chi connectivity index (χ1v) is 6.59. The Labute approximate surface area is 104 Å². The van der Waals surface area contributed by atoms with Gasteiger partial charge in [0.05, 0.1) is 0 Å². The Hall–Kier alpha value is -1.50. The smallest absolute Gasteiger partial charge is 0.0372 e. The number of hydrogen-bond acceptors (Lipinski definition) is 1. The van der Waals surface area contributed by atoms with Gasteiger partial charge in [0.25, 0.3) is 0 Å². The summed E-state index contributed by atoms with van der Waals surface area (Å²) in [5, 5.41) is 2.66. The minimum Gasteiger partial charge on any atom is -0.372 e. The molecule has 0 bridgehead atoms. The molecular formula is C16H21N. The van der Waals surface area contributed by atoms with Gasteiger partial charge >= 0.3 is 0 Å². The summed E-state index contributed by atoms with van der Waals surface area (Å²) in [6, 6.07) is 15.3. The van der Waals surface area contributed by atoms with Crippen LogP contribution in [0.25, 0.3) is 10.8 Å². The van der Waals surface area contributed by atoms with Crippen LogP contribution in [0.1, 0.15) is 26.7 Å². The van der Waals surface area contributed by atoms with Gasteiger partial charge in [0.15, 0.2) is 0 Å². The molecule has 2 aromatic carbocycles. The summed E-state index contributed by atoms with van der Waals surface area (Å²) >= 11 is 0. The third-order valence-corrected chi connectivity index (χ3v) is 3.09.